The minimum atomic E-state index is -0.366. The van der Waals surface area contributed by atoms with Crippen molar-refractivity contribution in [1.29, 1.82) is 0 Å². The zero-order valence-electron chi connectivity index (χ0n) is 17.9. The Labute approximate surface area is 168 Å². The van der Waals surface area contributed by atoms with Crippen LogP contribution in [0.15, 0.2) is 24.3 Å². The Kier molecular flexibility index (Phi) is 5.96. The molecule has 0 aliphatic carbocycles. The number of carbonyl (C=O) groups excluding carboxylic acids is 1. The van der Waals surface area contributed by atoms with Gasteiger partial charge in [0.05, 0.1) is 17.3 Å². The van der Waals surface area contributed by atoms with Gasteiger partial charge in [-0.2, -0.15) is 0 Å². The molecule has 2 aliphatic heterocycles. The second-order valence-electron chi connectivity index (χ2n) is 8.89. The summed E-state index contributed by atoms with van der Waals surface area (Å²) in [5, 5.41) is 0. The second kappa shape index (κ2) is 7.95. The maximum absolute atomic E-state index is 12.0. The molecule has 0 radical (unpaired) electrons. The van der Waals surface area contributed by atoms with E-state index in [0.29, 0.717) is 13.1 Å². The van der Waals surface area contributed by atoms with Crippen molar-refractivity contribution in [3.05, 3.63) is 24.3 Å². The quantitative estimate of drug-likeness (QED) is 0.739. The lowest BCUT2D eigenvalue weighted by molar-refractivity contribution is 0.00578. The van der Waals surface area contributed by atoms with Crippen LogP contribution in [-0.2, 0) is 14.0 Å². The normalized spacial score (nSPS) is 21.8. The first-order chi connectivity index (χ1) is 13.1. The monoisotopic (exact) mass is 389 g/mol. The zero-order chi connectivity index (χ0) is 20.5. The van der Waals surface area contributed by atoms with Crippen LogP contribution >= 0.6 is 0 Å². The molecule has 28 heavy (non-hydrogen) atoms. The van der Waals surface area contributed by atoms with Gasteiger partial charge in [0.1, 0.15) is 11.9 Å². The van der Waals surface area contributed by atoms with Gasteiger partial charge in [0.2, 0.25) is 0 Å². The van der Waals surface area contributed by atoms with E-state index < -0.39 is 0 Å². The molecule has 1 aromatic rings. The molecule has 154 valence electrons. The minimum Gasteiger partial charge on any atom is -0.490 e. The van der Waals surface area contributed by atoms with Crippen LogP contribution in [-0.4, -0.2) is 54.6 Å². The molecular weight excluding hydrogens is 357 g/mol. The summed E-state index contributed by atoms with van der Waals surface area (Å²) in [4.78, 5) is 13.7. The third-order valence-corrected chi connectivity index (χ3v) is 5.74. The summed E-state index contributed by atoms with van der Waals surface area (Å²) in [6.07, 6.45) is 1.37. The molecule has 0 N–H and O–H groups in total. The molecule has 0 aromatic heterocycles. The Morgan fingerprint density at radius 2 is 1.61 bits per heavy atom. The standard InChI is InChI=1S/C21H32BNO5/c1-15(2)25-19(24)23-13-11-18(12-14-23)26-17-9-7-16(8-10-17)22-27-20(3,4)21(5,6)28-22/h7-10,15,18H,11-14H2,1-6H3. The number of likely N-dealkylation sites (tertiary alicyclic amines) is 1. The maximum atomic E-state index is 12.0. The molecule has 1 amide bonds. The number of rotatable bonds is 4. The Hall–Kier alpha value is -1.73. The minimum absolute atomic E-state index is 0.0936. The van der Waals surface area contributed by atoms with Crippen LogP contribution in [0, 0.1) is 0 Å². The Morgan fingerprint density at radius 3 is 2.11 bits per heavy atom. The van der Waals surface area contributed by atoms with E-state index in [1.807, 2.05) is 65.8 Å². The average Bonchev–Trinajstić information content (AvgIpc) is 2.83. The number of hydrogen-bond acceptors (Lipinski definition) is 5. The molecule has 2 heterocycles. The van der Waals surface area contributed by atoms with Gasteiger partial charge in [0.25, 0.3) is 0 Å². The van der Waals surface area contributed by atoms with Crippen LogP contribution < -0.4 is 10.2 Å². The van der Waals surface area contributed by atoms with Gasteiger partial charge < -0.3 is 23.7 Å². The van der Waals surface area contributed by atoms with Crippen molar-refractivity contribution < 1.29 is 23.6 Å². The molecule has 0 spiro atoms. The van der Waals surface area contributed by atoms with Crippen molar-refractivity contribution in [3.63, 3.8) is 0 Å². The summed E-state index contributed by atoms with van der Waals surface area (Å²) in [5.74, 6) is 0.823. The Morgan fingerprint density at radius 1 is 1.07 bits per heavy atom. The Balaban J connectivity index is 1.51. The van der Waals surface area contributed by atoms with Crippen molar-refractivity contribution in [2.24, 2.45) is 0 Å². The number of carbonyl (C=O) groups is 1. The van der Waals surface area contributed by atoms with E-state index in [9.17, 15) is 4.79 Å². The lowest BCUT2D eigenvalue weighted by Gasteiger charge is -2.32. The molecule has 1 aromatic carbocycles. The smallest absolute Gasteiger partial charge is 0.490 e. The van der Waals surface area contributed by atoms with Crippen molar-refractivity contribution >= 4 is 18.7 Å². The molecule has 2 fully saturated rings. The number of ether oxygens (including phenoxy) is 2. The predicted molar refractivity (Wildman–Crippen MR) is 109 cm³/mol. The summed E-state index contributed by atoms with van der Waals surface area (Å²) >= 11 is 0. The Bertz CT molecular complexity index is 665. The average molecular weight is 389 g/mol. The summed E-state index contributed by atoms with van der Waals surface area (Å²) in [6, 6.07) is 7.90. The fraction of sp³-hybridized carbons (Fsp3) is 0.667. The molecule has 0 bridgehead atoms. The van der Waals surface area contributed by atoms with Gasteiger partial charge in [0, 0.05) is 25.9 Å². The third kappa shape index (κ3) is 4.63. The van der Waals surface area contributed by atoms with Gasteiger partial charge in [-0.15, -0.1) is 0 Å². The van der Waals surface area contributed by atoms with Crippen molar-refractivity contribution in [3.8, 4) is 5.75 Å². The first kappa shape index (κ1) is 21.0. The first-order valence-corrected chi connectivity index (χ1v) is 10.2. The molecule has 0 atom stereocenters. The van der Waals surface area contributed by atoms with Crippen LogP contribution in [0.4, 0.5) is 4.79 Å². The lowest BCUT2D eigenvalue weighted by Crippen LogP contribution is -2.42. The van der Waals surface area contributed by atoms with Crippen LogP contribution in [0.3, 0.4) is 0 Å². The molecule has 7 heteroatoms. The molecule has 0 saturated carbocycles. The van der Waals surface area contributed by atoms with Crippen LogP contribution in [0.2, 0.25) is 0 Å². The van der Waals surface area contributed by atoms with Crippen molar-refractivity contribution in [2.75, 3.05) is 13.1 Å². The first-order valence-electron chi connectivity index (χ1n) is 10.2. The summed E-state index contributed by atoms with van der Waals surface area (Å²) < 4.78 is 23.5. The molecule has 3 rings (SSSR count). The highest BCUT2D eigenvalue weighted by Crippen LogP contribution is 2.36. The molecule has 6 nitrogen and oxygen atoms in total. The van der Waals surface area contributed by atoms with Crippen molar-refractivity contribution in [1.82, 2.24) is 4.90 Å². The zero-order valence-corrected chi connectivity index (χ0v) is 17.9. The van der Waals surface area contributed by atoms with Gasteiger partial charge in [-0.3, -0.25) is 0 Å². The van der Waals surface area contributed by atoms with E-state index in [-0.39, 0.29) is 36.6 Å². The predicted octanol–water partition coefficient (Wildman–Crippen LogP) is 3.37. The number of hydrogen-bond donors (Lipinski definition) is 0. The van der Waals surface area contributed by atoms with Crippen LogP contribution in [0.5, 0.6) is 5.75 Å². The van der Waals surface area contributed by atoms with E-state index in [1.165, 1.54) is 0 Å². The second-order valence-corrected chi connectivity index (χ2v) is 8.89. The number of amides is 1. The van der Waals surface area contributed by atoms with Crippen LogP contribution in [0.25, 0.3) is 0 Å². The summed E-state index contributed by atoms with van der Waals surface area (Å²) in [6.45, 7) is 13.2. The van der Waals surface area contributed by atoms with E-state index >= 15 is 0 Å². The highest BCUT2D eigenvalue weighted by atomic mass is 16.7. The van der Waals surface area contributed by atoms with Gasteiger partial charge in [0.15, 0.2) is 0 Å². The van der Waals surface area contributed by atoms with Gasteiger partial charge >= 0.3 is 13.2 Å². The maximum Gasteiger partial charge on any atom is 0.494 e. The van der Waals surface area contributed by atoms with E-state index in [4.69, 9.17) is 18.8 Å². The largest absolute Gasteiger partial charge is 0.494 e. The summed E-state index contributed by atoms with van der Waals surface area (Å²) in [7, 11) is -0.366. The highest BCUT2D eigenvalue weighted by Gasteiger charge is 2.51. The molecule has 2 aliphatic rings. The van der Waals surface area contributed by atoms with Gasteiger partial charge in [-0.25, -0.2) is 4.79 Å². The third-order valence-electron chi connectivity index (χ3n) is 5.74. The van der Waals surface area contributed by atoms with E-state index in [2.05, 4.69) is 0 Å². The van der Waals surface area contributed by atoms with Gasteiger partial charge in [-0.05, 0) is 59.1 Å². The molecule has 0 unspecified atom stereocenters. The van der Waals surface area contributed by atoms with Gasteiger partial charge in [-0.1, -0.05) is 12.1 Å². The molecular formula is C21H32BNO5. The fourth-order valence-electron chi connectivity index (χ4n) is 3.31. The fourth-order valence-corrected chi connectivity index (χ4v) is 3.31. The van der Waals surface area contributed by atoms with Crippen LogP contribution in [0.1, 0.15) is 54.4 Å². The topological polar surface area (TPSA) is 57.2 Å². The number of benzene rings is 1. The van der Waals surface area contributed by atoms with Crippen molar-refractivity contribution in [2.45, 2.75) is 77.8 Å². The van der Waals surface area contributed by atoms with E-state index in [0.717, 1.165) is 24.1 Å². The SMILES string of the molecule is CC(C)OC(=O)N1CCC(Oc2ccc(B3OC(C)(C)C(C)(C)O3)cc2)CC1. The molecule has 2 saturated heterocycles. The van der Waals surface area contributed by atoms with E-state index in [1.54, 1.807) is 4.90 Å². The lowest BCUT2D eigenvalue weighted by atomic mass is 9.79. The number of nitrogens with zero attached hydrogens (tertiary/aromatic N) is 1. The summed E-state index contributed by atoms with van der Waals surface area (Å²) in [5.41, 5.74) is 0.284. The number of piperidine rings is 1. The highest BCUT2D eigenvalue weighted by molar-refractivity contribution is 6.62.